The number of amides is 1. The van der Waals surface area contributed by atoms with E-state index in [0.29, 0.717) is 28.8 Å². The fourth-order valence-electron chi connectivity index (χ4n) is 3.51. The van der Waals surface area contributed by atoms with Gasteiger partial charge in [-0.15, -0.1) is 0 Å². The van der Waals surface area contributed by atoms with E-state index in [1.54, 1.807) is 45.2 Å². The smallest absolute Gasteiger partial charge is 0.407 e. The fraction of sp³-hybridized carbons (Fsp3) is 0.500. The van der Waals surface area contributed by atoms with E-state index in [9.17, 15) is 13.2 Å². The molecule has 1 saturated heterocycles. The van der Waals surface area contributed by atoms with Gasteiger partial charge in [0.25, 0.3) is 0 Å². The van der Waals surface area contributed by atoms with Crippen molar-refractivity contribution in [3.63, 3.8) is 0 Å². The van der Waals surface area contributed by atoms with Crippen molar-refractivity contribution >= 4 is 38.5 Å². The molecule has 0 saturated carbocycles. The number of piperidine rings is 1. The molecule has 3 rings (SSSR count). The van der Waals surface area contributed by atoms with Crippen LogP contribution in [0.15, 0.2) is 35.5 Å². The molecular formula is C20H26ClN3O4S. The number of carbonyl (C=O) groups is 1. The molecule has 29 heavy (non-hydrogen) atoms. The number of carbonyl (C=O) groups excluding carboxylic acids is 1. The van der Waals surface area contributed by atoms with Gasteiger partial charge in [0.2, 0.25) is 10.0 Å². The first kappa shape index (κ1) is 21.8. The standard InChI is InChI=1S/C20H26ClN3O4S/c1-20(2,3)28-19(25)23-12-15-8-4-5-10-24(15)29(26,27)17-9-6-7-14-11-22-13-16(21)18(14)17/h6-7,9,11,13,15H,4-5,8,10,12H2,1-3H3,(H,23,25). The number of hydrogen-bond acceptors (Lipinski definition) is 5. The number of benzene rings is 1. The van der Waals surface area contributed by atoms with Crippen LogP contribution in [0.2, 0.25) is 5.02 Å². The van der Waals surface area contributed by atoms with Gasteiger partial charge in [-0.05, 0) is 39.7 Å². The lowest BCUT2D eigenvalue weighted by Crippen LogP contribution is -2.49. The van der Waals surface area contributed by atoms with Gasteiger partial charge in [0.1, 0.15) is 5.60 Å². The van der Waals surface area contributed by atoms with E-state index in [4.69, 9.17) is 16.3 Å². The first-order valence-electron chi connectivity index (χ1n) is 9.60. The summed E-state index contributed by atoms with van der Waals surface area (Å²) in [6, 6.07) is 4.68. The van der Waals surface area contributed by atoms with Crippen LogP contribution < -0.4 is 5.32 Å². The molecule has 1 aromatic heterocycles. The van der Waals surface area contributed by atoms with Crippen LogP contribution in [-0.4, -0.2) is 48.5 Å². The monoisotopic (exact) mass is 439 g/mol. The van der Waals surface area contributed by atoms with Crippen LogP contribution in [0.5, 0.6) is 0 Å². The quantitative estimate of drug-likeness (QED) is 0.778. The highest BCUT2D eigenvalue weighted by Gasteiger charge is 2.35. The van der Waals surface area contributed by atoms with E-state index in [1.165, 1.54) is 10.5 Å². The van der Waals surface area contributed by atoms with Crippen molar-refractivity contribution < 1.29 is 17.9 Å². The maximum Gasteiger partial charge on any atom is 0.407 e. The van der Waals surface area contributed by atoms with Crippen molar-refractivity contribution in [3.8, 4) is 0 Å². The van der Waals surface area contributed by atoms with Gasteiger partial charge in [0.15, 0.2) is 0 Å². The second-order valence-electron chi connectivity index (χ2n) is 8.12. The Morgan fingerprint density at radius 1 is 1.31 bits per heavy atom. The Kier molecular flexibility index (Phi) is 6.36. The lowest BCUT2D eigenvalue weighted by molar-refractivity contribution is 0.0512. The average molecular weight is 440 g/mol. The molecule has 1 N–H and O–H groups in total. The van der Waals surface area contributed by atoms with Crippen LogP contribution >= 0.6 is 11.6 Å². The Bertz CT molecular complexity index is 999. The Labute approximate surface area is 176 Å². The van der Waals surface area contributed by atoms with Gasteiger partial charge < -0.3 is 10.1 Å². The number of aromatic nitrogens is 1. The minimum atomic E-state index is -3.81. The van der Waals surface area contributed by atoms with Gasteiger partial charge in [-0.1, -0.05) is 30.2 Å². The van der Waals surface area contributed by atoms with Crippen LogP contribution in [0, 0.1) is 0 Å². The van der Waals surface area contributed by atoms with Crippen molar-refractivity contribution in [2.45, 2.75) is 56.6 Å². The summed E-state index contributed by atoms with van der Waals surface area (Å²) >= 11 is 6.29. The number of pyridine rings is 1. The number of nitrogens with one attached hydrogen (secondary N) is 1. The molecule has 1 aromatic carbocycles. The van der Waals surface area contributed by atoms with Gasteiger partial charge in [-0.3, -0.25) is 4.98 Å². The van der Waals surface area contributed by atoms with Crippen molar-refractivity contribution in [2.24, 2.45) is 0 Å². The molecule has 9 heteroatoms. The van der Waals surface area contributed by atoms with E-state index in [0.717, 1.165) is 12.8 Å². The SMILES string of the molecule is CC(C)(C)OC(=O)NCC1CCCCN1S(=O)(=O)c1cccc2cncc(Cl)c12. The van der Waals surface area contributed by atoms with Crippen LogP contribution in [0.3, 0.4) is 0 Å². The van der Waals surface area contributed by atoms with E-state index < -0.39 is 21.7 Å². The molecule has 1 atom stereocenters. The van der Waals surface area contributed by atoms with Gasteiger partial charge in [-0.2, -0.15) is 4.31 Å². The number of sulfonamides is 1. The second-order valence-corrected chi connectivity index (χ2v) is 10.4. The minimum Gasteiger partial charge on any atom is -0.444 e. The third-order valence-corrected chi connectivity index (χ3v) is 7.02. The average Bonchev–Trinajstić information content (AvgIpc) is 2.65. The Hall–Kier alpha value is -1.90. The number of rotatable bonds is 4. The molecule has 158 valence electrons. The highest BCUT2D eigenvalue weighted by molar-refractivity contribution is 7.89. The first-order chi connectivity index (χ1) is 13.6. The first-order valence-corrected chi connectivity index (χ1v) is 11.4. The molecule has 1 fully saturated rings. The minimum absolute atomic E-state index is 0.159. The normalized spacial score (nSPS) is 18.6. The summed E-state index contributed by atoms with van der Waals surface area (Å²) < 4.78 is 33.8. The maximum atomic E-state index is 13.5. The van der Waals surface area contributed by atoms with Crippen LogP contribution in [0.25, 0.3) is 10.8 Å². The molecule has 1 amide bonds. The molecule has 0 bridgehead atoms. The summed E-state index contributed by atoms with van der Waals surface area (Å²) in [5, 5.41) is 4.13. The fourth-order valence-corrected chi connectivity index (χ4v) is 5.76. The van der Waals surface area contributed by atoms with Gasteiger partial charge in [-0.25, -0.2) is 13.2 Å². The number of ether oxygens (including phenoxy) is 1. The summed E-state index contributed by atoms with van der Waals surface area (Å²) in [5.74, 6) is 0. The topological polar surface area (TPSA) is 88.6 Å². The zero-order valence-electron chi connectivity index (χ0n) is 16.8. The number of halogens is 1. The van der Waals surface area contributed by atoms with Crippen molar-refractivity contribution in [3.05, 3.63) is 35.6 Å². The molecule has 0 aliphatic carbocycles. The lowest BCUT2D eigenvalue weighted by atomic mass is 10.1. The second kappa shape index (κ2) is 8.45. The number of alkyl carbamates (subject to hydrolysis) is 1. The van der Waals surface area contributed by atoms with Crippen LogP contribution in [-0.2, 0) is 14.8 Å². The number of nitrogens with zero attached hydrogens (tertiary/aromatic N) is 2. The third-order valence-electron chi connectivity index (χ3n) is 4.74. The number of fused-ring (bicyclic) bond motifs is 1. The summed E-state index contributed by atoms with van der Waals surface area (Å²) in [6.07, 6.45) is 4.81. The van der Waals surface area contributed by atoms with Crippen molar-refractivity contribution in [2.75, 3.05) is 13.1 Å². The van der Waals surface area contributed by atoms with E-state index in [2.05, 4.69) is 10.3 Å². The molecule has 7 nitrogen and oxygen atoms in total. The highest BCUT2D eigenvalue weighted by Crippen LogP contribution is 2.33. The Morgan fingerprint density at radius 3 is 2.79 bits per heavy atom. The van der Waals surface area contributed by atoms with E-state index in [-0.39, 0.29) is 17.5 Å². The van der Waals surface area contributed by atoms with E-state index >= 15 is 0 Å². The predicted molar refractivity (Wildman–Crippen MR) is 113 cm³/mol. The number of hydrogen-bond donors (Lipinski definition) is 1. The lowest BCUT2D eigenvalue weighted by Gasteiger charge is -2.35. The largest absolute Gasteiger partial charge is 0.444 e. The van der Waals surface area contributed by atoms with Crippen LogP contribution in [0.1, 0.15) is 40.0 Å². The molecule has 1 aliphatic rings. The summed E-state index contributed by atoms with van der Waals surface area (Å²) in [5.41, 5.74) is -0.615. The molecular weight excluding hydrogens is 414 g/mol. The van der Waals surface area contributed by atoms with Crippen molar-refractivity contribution in [1.29, 1.82) is 0 Å². The molecule has 2 heterocycles. The molecule has 0 radical (unpaired) electrons. The van der Waals surface area contributed by atoms with Gasteiger partial charge in [0.05, 0.1) is 9.92 Å². The Morgan fingerprint density at radius 2 is 2.07 bits per heavy atom. The highest BCUT2D eigenvalue weighted by atomic mass is 35.5. The Balaban J connectivity index is 1.88. The van der Waals surface area contributed by atoms with Gasteiger partial charge in [0, 0.05) is 42.3 Å². The molecule has 1 aliphatic heterocycles. The zero-order chi connectivity index (χ0) is 21.2. The molecule has 1 unspecified atom stereocenters. The predicted octanol–water partition coefficient (Wildman–Crippen LogP) is 3.96. The summed E-state index contributed by atoms with van der Waals surface area (Å²) in [6.45, 7) is 5.92. The maximum absolute atomic E-state index is 13.5. The van der Waals surface area contributed by atoms with Gasteiger partial charge >= 0.3 is 6.09 Å². The molecule has 0 spiro atoms. The van der Waals surface area contributed by atoms with E-state index in [1.807, 2.05) is 0 Å². The van der Waals surface area contributed by atoms with Crippen molar-refractivity contribution in [1.82, 2.24) is 14.6 Å². The summed E-state index contributed by atoms with van der Waals surface area (Å²) in [4.78, 5) is 16.2. The zero-order valence-corrected chi connectivity index (χ0v) is 18.4. The summed E-state index contributed by atoms with van der Waals surface area (Å²) in [7, 11) is -3.81. The third kappa shape index (κ3) is 4.99. The van der Waals surface area contributed by atoms with Crippen LogP contribution in [0.4, 0.5) is 4.79 Å². The molecule has 2 aromatic rings.